The molecule has 1 amide bonds. The number of benzene rings is 1. The van der Waals surface area contributed by atoms with Gasteiger partial charge in [0.15, 0.2) is 5.69 Å². The number of carbonyl (C=O) groups is 1. The van der Waals surface area contributed by atoms with Crippen LogP contribution in [0.3, 0.4) is 0 Å². The lowest BCUT2D eigenvalue weighted by molar-refractivity contribution is 0.0794. The first kappa shape index (κ1) is 22.2. The van der Waals surface area contributed by atoms with Gasteiger partial charge in [-0.2, -0.15) is 5.10 Å². The first-order chi connectivity index (χ1) is 16.1. The molecule has 0 fully saturated rings. The van der Waals surface area contributed by atoms with Crippen LogP contribution >= 0.6 is 0 Å². The molecule has 0 aliphatic heterocycles. The predicted octanol–water partition coefficient (Wildman–Crippen LogP) is 5.51. The highest BCUT2D eigenvalue weighted by atomic mass is 16.2. The number of hydrogen-bond donors (Lipinski definition) is 0. The van der Waals surface area contributed by atoms with Gasteiger partial charge in [-0.25, -0.2) is 9.99 Å². The molecule has 1 aromatic heterocycles. The molecule has 0 saturated carbocycles. The molecule has 0 bridgehead atoms. The zero-order valence-electron chi connectivity index (χ0n) is 19.1. The van der Waals surface area contributed by atoms with Crippen molar-refractivity contribution < 1.29 is 4.79 Å². The van der Waals surface area contributed by atoms with Crippen LogP contribution < -0.4 is 0 Å². The summed E-state index contributed by atoms with van der Waals surface area (Å²) < 4.78 is 2.11. The molecule has 2 aliphatic rings. The summed E-state index contributed by atoms with van der Waals surface area (Å²) in [6.45, 7) is 5.41. The largest absolute Gasteiger partial charge is 0.316 e. The molecule has 0 saturated heterocycles. The molecule has 0 radical (unpaired) electrons. The summed E-state index contributed by atoms with van der Waals surface area (Å²) in [5.74, 6) is -0.291. The Bertz CT molecular complexity index is 1220. The molecule has 0 N–H and O–H groups in total. The Morgan fingerprint density at radius 3 is 2.64 bits per heavy atom. The Morgan fingerprint density at radius 2 is 1.85 bits per heavy atom. The van der Waals surface area contributed by atoms with Gasteiger partial charge in [-0.05, 0) is 36.5 Å². The van der Waals surface area contributed by atoms with E-state index in [9.17, 15) is 4.79 Å². The second-order valence-corrected chi connectivity index (χ2v) is 7.97. The maximum absolute atomic E-state index is 13.0. The molecule has 5 heteroatoms. The van der Waals surface area contributed by atoms with E-state index in [2.05, 4.69) is 94.3 Å². The average Bonchev–Trinajstić information content (AvgIpc) is 3.08. The molecule has 0 spiro atoms. The summed E-state index contributed by atoms with van der Waals surface area (Å²) >= 11 is 0. The summed E-state index contributed by atoms with van der Waals surface area (Å²) in [6.07, 6.45) is 24.8. The third-order valence-corrected chi connectivity index (χ3v) is 6.08. The van der Waals surface area contributed by atoms with Gasteiger partial charge in [0, 0.05) is 19.5 Å². The van der Waals surface area contributed by atoms with Crippen LogP contribution in [0.5, 0.6) is 0 Å². The molecule has 2 aromatic rings. The molecule has 2 aliphatic carbocycles. The van der Waals surface area contributed by atoms with E-state index in [0.717, 1.165) is 35.2 Å². The van der Waals surface area contributed by atoms with Gasteiger partial charge < -0.3 is 4.57 Å². The smallest absolute Gasteiger partial charge is 0.294 e. The number of hydrogen-bond acceptors (Lipinski definition) is 3. The quantitative estimate of drug-likeness (QED) is 0.443. The van der Waals surface area contributed by atoms with Crippen molar-refractivity contribution in [1.82, 2.24) is 14.6 Å². The van der Waals surface area contributed by atoms with Crippen molar-refractivity contribution in [3.05, 3.63) is 126 Å². The topological polar surface area (TPSA) is 50.5 Å². The standard InChI is InChI=1S/C28H28N4O/c1-22-26(27(33)31(3)29-2)30-21-32(22)28(25-19-13-8-14-20-25,23-15-9-4-5-10-16-23)24-17-11-6-7-12-18-24/h4-6,8-9,11-21H,2,7,10H2,1,3H3. The number of imidazole rings is 1. The van der Waals surface area contributed by atoms with Gasteiger partial charge in [-0.15, -0.1) is 0 Å². The van der Waals surface area contributed by atoms with Crippen molar-refractivity contribution in [2.75, 3.05) is 7.05 Å². The maximum atomic E-state index is 13.0. The second-order valence-electron chi connectivity index (χ2n) is 7.97. The van der Waals surface area contributed by atoms with E-state index in [1.54, 1.807) is 13.4 Å². The molecule has 5 nitrogen and oxygen atoms in total. The molecule has 1 unspecified atom stereocenters. The van der Waals surface area contributed by atoms with Gasteiger partial charge in [-0.1, -0.05) is 91.1 Å². The Labute approximate surface area is 195 Å². The maximum Gasteiger partial charge on any atom is 0.294 e. The Balaban J connectivity index is 2.07. The first-order valence-electron chi connectivity index (χ1n) is 11.0. The van der Waals surface area contributed by atoms with Crippen molar-refractivity contribution in [1.29, 1.82) is 0 Å². The van der Waals surface area contributed by atoms with Crippen LogP contribution in [0.15, 0.2) is 114 Å². The van der Waals surface area contributed by atoms with Crippen LogP contribution in [0.1, 0.15) is 34.6 Å². The number of allylic oxidation sites excluding steroid dienone is 12. The molecular formula is C28H28N4O. The van der Waals surface area contributed by atoms with Gasteiger partial charge in [-0.3, -0.25) is 4.79 Å². The van der Waals surface area contributed by atoms with Crippen LogP contribution in [0.2, 0.25) is 0 Å². The van der Waals surface area contributed by atoms with Crippen LogP contribution in [0, 0.1) is 6.92 Å². The number of aromatic nitrogens is 2. The summed E-state index contributed by atoms with van der Waals surface area (Å²) in [4.78, 5) is 17.5. The monoisotopic (exact) mass is 436 g/mol. The zero-order valence-corrected chi connectivity index (χ0v) is 19.1. The molecule has 4 rings (SSSR count). The highest BCUT2D eigenvalue weighted by Gasteiger charge is 2.42. The number of rotatable bonds is 6. The first-order valence-corrected chi connectivity index (χ1v) is 11.0. The third kappa shape index (κ3) is 3.98. The number of hydrazone groups is 1. The van der Waals surface area contributed by atoms with Crippen molar-refractivity contribution >= 4 is 12.6 Å². The fraction of sp³-hybridized carbons (Fsp3) is 0.179. The predicted molar refractivity (Wildman–Crippen MR) is 134 cm³/mol. The van der Waals surface area contributed by atoms with E-state index in [1.165, 1.54) is 5.01 Å². The highest BCUT2D eigenvalue weighted by Crippen LogP contribution is 2.44. The number of amides is 1. The van der Waals surface area contributed by atoms with E-state index in [4.69, 9.17) is 0 Å². The minimum Gasteiger partial charge on any atom is -0.316 e. The normalized spacial score (nSPS) is 16.9. The van der Waals surface area contributed by atoms with Gasteiger partial charge in [0.2, 0.25) is 0 Å². The fourth-order valence-electron chi connectivity index (χ4n) is 4.44. The lowest BCUT2D eigenvalue weighted by atomic mass is 9.74. The van der Waals surface area contributed by atoms with Crippen molar-refractivity contribution in [2.24, 2.45) is 5.10 Å². The van der Waals surface area contributed by atoms with E-state index < -0.39 is 5.54 Å². The van der Waals surface area contributed by atoms with E-state index >= 15 is 0 Å². The number of nitrogens with zero attached hydrogens (tertiary/aromatic N) is 4. The minimum absolute atomic E-state index is 0.291. The van der Waals surface area contributed by atoms with E-state index in [-0.39, 0.29) is 5.91 Å². The average molecular weight is 437 g/mol. The molecule has 1 aromatic carbocycles. The van der Waals surface area contributed by atoms with E-state index in [1.807, 2.05) is 25.1 Å². The van der Waals surface area contributed by atoms with Crippen LogP contribution in [-0.2, 0) is 5.54 Å². The lowest BCUT2D eigenvalue weighted by Gasteiger charge is -2.40. The molecule has 166 valence electrons. The number of carbonyl (C=O) groups excluding carboxylic acids is 1. The third-order valence-electron chi connectivity index (χ3n) is 6.08. The highest BCUT2D eigenvalue weighted by molar-refractivity contribution is 5.93. The molecule has 33 heavy (non-hydrogen) atoms. The SMILES string of the molecule is C=NN(C)C(=O)c1ncn(C(C2=CC=CCC=C2)(C2=CCC=CC=C2)c2ccccc2)c1C. The summed E-state index contributed by atoms with van der Waals surface area (Å²) in [5.41, 5.74) is 3.69. The van der Waals surface area contributed by atoms with E-state index in [0.29, 0.717) is 5.69 Å². The summed E-state index contributed by atoms with van der Waals surface area (Å²) in [5, 5.41) is 4.98. The van der Waals surface area contributed by atoms with Gasteiger partial charge in [0.05, 0.1) is 6.33 Å². The van der Waals surface area contributed by atoms with Crippen LogP contribution in [-0.4, -0.2) is 34.2 Å². The van der Waals surface area contributed by atoms with Crippen molar-refractivity contribution in [3.63, 3.8) is 0 Å². The molecule has 1 atom stereocenters. The summed E-state index contributed by atoms with van der Waals surface area (Å²) in [6, 6.07) is 10.4. The Kier molecular flexibility index (Phi) is 6.50. The van der Waals surface area contributed by atoms with Crippen molar-refractivity contribution in [3.8, 4) is 0 Å². The van der Waals surface area contributed by atoms with Crippen LogP contribution in [0.4, 0.5) is 0 Å². The lowest BCUT2D eigenvalue weighted by Crippen LogP contribution is -2.39. The Hall–Kier alpha value is -3.99. The molecule has 1 heterocycles. The van der Waals surface area contributed by atoms with Gasteiger partial charge in [0.25, 0.3) is 5.91 Å². The molecular weight excluding hydrogens is 408 g/mol. The summed E-state index contributed by atoms with van der Waals surface area (Å²) in [7, 11) is 1.59. The fourth-order valence-corrected chi connectivity index (χ4v) is 4.44. The van der Waals surface area contributed by atoms with Crippen molar-refractivity contribution in [2.45, 2.75) is 25.3 Å². The minimum atomic E-state index is -0.718. The van der Waals surface area contributed by atoms with Gasteiger partial charge in [0.1, 0.15) is 5.54 Å². The Morgan fingerprint density at radius 1 is 1.06 bits per heavy atom. The second kappa shape index (κ2) is 9.65. The van der Waals surface area contributed by atoms with Crippen LogP contribution in [0.25, 0.3) is 0 Å². The van der Waals surface area contributed by atoms with Gasteiger partial charge >= 0.3 is 0 Å². The zero-order chi connectivity index (χ0) is 23.3.